The Kier molecular flexibility index (Phi) is 5.87. The van der Waals surface area contributed by atoms with Gasteiger partial charge in [-0.15, -0.1) is 0 Å². The highest BCUT2D eigenvalue weighted by Gasteiger charge is 2.10. The van der Waals surface area contributed by atoms with E-state index in [0.717, 1.165) is 23.5 Å². The van der Waals surface area contributed by atoms with Gasteiger partial charge in [0.15, 0.2) is 11.5 Å². The summed E-state index contributed by atoms with van der Waals surface area (Å²) in [5.41, 5.74) is 1.13. The number of hydrogen-bond donors (Lipinski definition) is 2. The van der Waals surface area contributed by atoms with E-state index in [9.17, 15) is 4.79 Å². The number of fused-ring (bicyclic) bond motifs is 1. The minimum Gasteiger partial charge on any atom is -0.490 e. The van der Waals surface area contributed by atoms with Gasteiger partial charge < -0.3 is 20.1 Å². The van der Waals surface area contributed by atoms with Crippen molar-refractivity contribution >= 4 is 5.91 Å². The quantitative estimate of drug-likeness (QED) is 0.786. The van der Waals surface area contributed by atoms with Gasteiger partial charge in [-0.25, -0.2) is 0 Å². The van der Waals surface area contributed by atoms with Crippen LogP contribution in [-0.4, -0.2) is 31.7 Å². The smallest absolute Gasteiger partial charge is 0.221 e. The molecule has 0 aromatic heterocycles. The fourth-order valence-electron chi connectivity index (χ4n) is 2.15. The first-order valence-electron chi connectivity index (χ1n) is 7.54. The molecule has 0 fully saturated rings. The summed E-state index contributed by atoms with van der Waals surface area (Å²) in [6.45, 7) is 6.69. The number of amides is 1. The summed E-state index contributed by atoms with van der Waals surface area (Å²) in [7, 11) is 0. The second-order valence-electron chi connectivity index (χ2n) is 5.48. The summed E-state index contributed by atoms with van der Waals surface area (Å²) in [4.78, 5) is 11.5. The molecule has 1 aliphatic heterocycles. The van der Waals surface area contributed by atoms with E-state index in [1.165, 1.54) is 0 Å². The van der Waals surface area contributed by atoms with Crippen LogP contribution in [0.3, 0.4) is 0 Å². The molecule has 2 rings (SSSR count). The van der Waals surface area contributed by atoms with Crippen LogP contribution in [0.4, 0.5) is 0 Å². The Hall–Kier alpha value is -1.75. The maximum Gasteiger partial charge on any atom is 0.221 e. The van der Waals surface area contributed by atoms with Gasteiger partial charge in [0.05, 0.1) is 13.2 Å². The average molecular weight is 292 g/mol. The van der Waals surface area contributed by atoms with Gasteiger partial charge in [0.1, 0.15) is 0 Å². The van der Waals surface area contributed by atoms with E-state index in [0.29, 0.717) is 32.7 Å². The largest absolute Gasteiger partial charge is 0.490 e. The lowest BCUT2D eigenvalue weighted by atomic mass is 10.2. The lowest BCUT2D eigenvalue weighted by molar-refractivity contribution is -0.121. The molecule has 0 unspecified atom stereocenters. The molecular formula is C16H24N2O3. The minimum atomic E-state index is 0.0798. The van der Waals surface area contributed by atoms with Crippen LogP contribution in [0.15, 0.2) is 18.2 Å². The van der Waals surface area contributed by atoms with Gasteiger partial charge in [0, 0.05) is 32.0 Å². The molecule has 5 heteroatoms. The van der Waals surface area contributed by atoms with E-state index < -0.39 is 0 Å². The Morgan fingerprint density at radius 1 is 1.24 bits per heavy atom. The Morgan fingerprint density at radius 3 is 2.76 bits per heavy atom. The number of rotatable bonds is 6. The standard InChI is InChI=1S/C16H24N2O3/c1-12(2)18-16(19)6-7-17-11-13-4-5-14-15(10-13)21-9-3-8-20-14/h4-5,10,12,17H,3,6-9,11H2,1-2H3,(H,18,19). The molecule has 2 N–H and O–H groups in total. The predicted molar refractivity (Wildman–Crippen MR) is 81.7 cm³/mol. The predicted octanol–water partition coefficient (Wildman–Crippen LogP) is 1.85. The molecule has 1 heterocycles. The minimum absolute atomic E-state index is 0.0798. The van der Waals surface area contributed by atoms with Gasteiger partial charge in [-0.05, 0) is 31.5 Å². The second kappa shape index (κ2) is 7.88. The Bertz CT molecular complexity index is 475. The first-order chi connectivity index (χ1) is 10.1. The molecular weight excluding hydrogens is 268 g/mol. The molecule has 0 saturated carbocycles. The molecule has 0 atom stereocenters. The topological polar surface area (TPSA) is 59.6 Å². The summed E-state index contributed by atoms with van der Waals surface area (Å²) in [6.07, 6.45) is 1.40. The van der Waals surface area contributed by atoms with Crippen molar-refractivity contribution < 1.29 is 14.3 Å². The normalized spacial score (nSPS) is 13.9. The third-order valence-corrected chi connectivity index (χ3v) is 3.12. The van der Waals surface area contributed by atoms with E-state index in [2.05, 4.69) is 10.6 Å². The number of nitrogens with one attached hydrogen (secondary N) is 2. The highest BCUT2D eigenvalue weighted by molar-refractivity contribution is 5.76. The van der Waals surface area contributed by atoms with Crippen molar-refractivity contribution in [3.8, 4) is 11.5 Å². The fraction of sp³-hybridized carbons (Fsp3) is 0.562. The molecule has 5 nitrogen and oxygen atoms in total. The number of ether oxygens (including phenoxy) is 2. The zero-order valence-electron chi connectivity index (χ0n) is 12.8. The summed E-state index contributed by atoms with van der Waals surface area (Å²) in [5.74, 6) is 1.70. The third-order valence-electron chi connectivity index (χ3n) is 3.12. The molecule has 0 bridgehead atoms. The average Bonchev–Trinajstić information content (AvgIpc) is 2.67. The molecule has 1 aromatic carbocycles. The van der Waals surface area contributed by atoms with Crippen LogP contribution in [0.1, 0.15) is 32.3 Å². The summed E-state index contributed by atoms with van der Waals surface area (Å²) >= 11 is 0. The summed E-state index contributed by atoms with van der Waals surface area (Å²) in [5, 5.41) is 6.14. The van der Waals surface area contributed by atoms with Crippen LogP contribution in [0.5, 0.6) is 11.5 Å². The molecule has 1 amide bonds. The van der Waals surface area contributed by atoms with Crippen LogP contribution >= 0.6 is 0 Å². The second-order valence-corrected chi connectivity index (χ2v) is 5.48. The van der Waals surface area contributed by atoms with Crippen LogP contribution in [0.25, 0.3) is 0 Å². The van der Waals surface area contributed by atoms with Gasteiger partial charge in [0.25, 0.3) is 0 Å². The summed E-state index contributed by atoms with van der Waals surface area (Å²) < 4.78 is 11.3. The molecule has 0 aliphatic carbocycles. The molecule has 0 saturated heterocycles. The molecule has 21 heavy (non-hydrogen) atoms. The maximum absolute atomic E-state index is 11.5. The molecule has 0 spiro atoms. The van der Waals surface area contributed by atoms with Crippen molar-refractivity contribution in [2.75, 3.05) is 19.8 Å². The van der Waals surface area contributed by atoms with Crippen molar-refractivity contribution in [3.05, 3.63) is 23.8 Å². The Labute approximate surface area is 126 Å². The SMILES string of the molecule is CC(C)NC(=O)CCNCc1ccc2c(c1)OCCCO2. The van der Waals surface area contributed by atoms with Crippen LogP contribution in [-0.2, 0) is 11.3 Å². The van der Waals surface area contributed by atoms with Crippen molar-refractivity contribution in [3.63, 3.8) is 0 Å². The number of carbonyl (C=O) groups is 1. The van der Waals surface area contributed by atoms with E-state index in [1.807, 2.05) is 32.0 Å². The van der Waals surface area contributed by atoms with Crippen LogP contribution in [0, 0.1) is 0 Å². The molecule has 1 aromatic rings. The van der Waals surface area contributed by atoms with Crippen molar-refractivity contribution in [2.45, 2.75) is 39.3 Å². The van der Waals surface area contributed by atoms with E-state index in [-0.39, 0.29) is 11.9 Å². The first kappa shape index (κ1) is 15.6. The lowest BCUT2D eigenvalue weighted by Gasteiger charge is -2.11. The van der Waals surface area contributed by atoms with Crippen LogP contribution in [0.2, 0.25) is 0 Å². The van der Waals surface area contributed by atoms with Gasteiger partial charge in [-0.1, -0.05) is 6.07 Å². The number of hydrogen-bond acceptors (Lipinski definition) is 4. The zero-order valence-corrected chi connectivity index (χ0v) is 12.8. The Balaban J connectivity index is 1.76. The number of benzene rings is 1. The van der Waals surface area contributed by atoms with Crippen LogP contribution < -0.4 is 20.1 Å². The monoisotopic (exact) mass is 292 g/mol. The van der Waals surface area contributed by atoms with Gasteiger partial charge in [0.2, 0.25) is 5.91 Å². The molecule has 0 radical (unpaired) electrons. The number of carbonyl (C=O) groups excluding carboxylic acids is 1. The van der Waals surface area contributed by atoms with Gasteiger partial charge in [-0.3, -0.25) is 4.79 Å². The molecule has 1 aliphatic rings. The van der Waals surface area contributed by atoms with E-state index >= 15 is 0 Å². The van der Waals surface area contributed by atoms with Crippen molar-refractivity contribution in [1.29, 1.82) is 0 Å². The summed E-state index contributed by atoms with van der Waals surface area (Å²) in [6, 6.07) is 6.17. The maximum atomic E-state index is 11.5. The van der Waals surface area contributed by atoms with E-state index in [1.54, 1.807) is 0 Å². The highest BCUT2D eigenvalue weighted by atomic mass is 16.5. The zero-order chi connectivity index (χ0) is 15.1. The first-order valence-corrected chi connectivity index (χ1v) is 7.54. The lowest BCUT2D eigenvalue weighted by Crippen LogP contribution is -2.32. The van der Waals surface area contributed by atoms with Gasteiger partial charge in [-0.2, -0.15) is 0 Å². The van der Waals surface area contributed by atoms with Crippen molar-refractivity contribution in [2.24, 2.45) is 0 Å². The highest BCUT2D eigenvalue weighted by Crippen LogP contribution is 2.30. The van der Waals surface area contributed by atoms with E-state index in [4.69, 9.17) is 9.47 Å². The third kappa shape index (κ3) is 5.27. The van der Waals surface area contributed by atoms with Gasteiger partial charge >= 0.3 is 0 Å². The fourth-order valence-corrected chi connectivity index (χ4v) is 2.15. The Morgan fingerprint density at radius 2 is 2.00 bits per heavy atom. The van der Waals surface area contributed by atoms with Crippen molar-refractivity contribution in [1.82, 2.24) is 10.6 Å². The molecule has 116 valence electrons.